The Kier molecular flexibility index (Phi) is 7.35. The van der Waals surface area contributed by atoms with E-state index in [4.69, 9.17) is 29.6 Å². The molecule has 0 aromatic carbocycles. The number of unbranched alkanes of at least 4 members (excludes halogenated alkanes) is 3. The molecule has 112 valence electrons. The number of nitrogens with two attached hydrogens (primary N) is 1. The molecule has 0 radical (unpaired) electrons. The van der Waals surface area contributed by atoms with Crippen LogP contribution in [-0.2, 0) is 9.84 Å². The van der Waals surface area contributed by atoms with E-state index < -0.39 is 15.2 Å². The highest BCUT2D eigenvalue weighted by Crippen LogP contribution is 2.17. The van der Waals surface area contributed by atoms with Crippen molar-refractivity contribution in [2.45, 2.75) is 37.1 Å². The van der Waals surface area contributed by atoms with Gasteiger partial charge in [-0.2, -0.15) is 0 Å². The molecule has 0 spiro atoms. The van der Waals surface area contributed by atoms with Gasteiger partial charge in [-0.3, -0.25) is 0 Å². The number of thiocarbonyl (C=S) groups is 1. The highest BCUT2D eigenvalue weighted by molar-refractivity contribution is 7.91. The first-order valence-corrected chi connectivity index (χ1v) is 9.20. The standard InChI is InChI=1S/C11H22ClN3O2S2/c12-9-7-19(16,17)8-10(9)15-11(18)14-6-4-2-1-3-5-13/h9-10H,1-8,13H2,(H2,14,15,18)/t9-,10-/m0/s1. The van der Waals surface area contributed by atoms with Crippen LogP contribution >= 0.6 is 23.8 Å². The van der Waals surface area contributed by atoms with Crippen molar-refractivity contribution in [2.24, 2.45) is 5.73 Å². The first kappa shape index (κ1) is 16.9. The Morgan fingerprint density at radius 2 is 1.95 bits per heavy atom. The Morgan fingerprint density at radius 1 is 1.26 bits per heavy atom. The highest BCUT2D eigenvalue weighted by atomic mass is 35.5. The van der Waals surface area contributed by atoms with E-state index in [2.05, 4.69) is 10.6 Å². The molecule has 1 rings (SSSR count). The van der Waals surface area contributed by atoms with E-state index in [9.17, 15) is 8.42 Å². The van der Waals surface area contributed by atoms with E-state index in [-0.39, 0.29) is 17.5 Å². The average molecular weight is 328 g/mol. The van der Waals surface area contributed by atoms with Gasteiger partial charge in [-0.15, -0.1) is 11.6 Å². The fraction of sp³-hybridized carbons (Fsp3) is 0.909. The Hall–Kier alpha value is -0.110. The van der Waals surface area contributed by atoms with Gasteiger partial charge in [-0.05, 0) is 31.6 Å². The molecule has 0 unspecified atom stereocenters. The summed E-state index contributed by atoms with van der Waals surface area (Å²) in [5, 5.41) is 6.12. The maximum absolute atomic E-state index is 11.4. The molecule has 1 aliphatic rings. The van der Waals surface area contributed by atoms with Gasteiger partial charge in [0.15, 0.2) is 14.9 Å². The molecule has 4 N–H and O–H groups in total. The summed E-state index contributed by atoms with van der Waals surface area (Å²) >= 11 is 11.1. The van der Waals surface area contributed by atoms with Crippen LogP contribution in [0.15, 0.2) is 0 Å². The minimum Gasteiger partial charge on any atom is -0.363 e. The summed E-state index contributed by atoms with van der Waals surface area (Å²) in [6, 6.07) is -0.288. The Labute approximate surface area is 125 Å². The van der Waals surface area contributed by atoms with Gasteiger partial charge >= 0.3 is 0 Å². The second-order valence-electron chi connectivity index (χ2n) is 4.80. The zero-order valence-electron chi connectivity index (χ0n) is 10.9. The third-order valence-electron chi connectivity index (χ3n) is 3.02. The molecule has 0 bridgehead atoms. The topological polar surface area (TPSA) is 84.2 Å². The van der Waals surface area contributed by atoms with Crippen molar-refractivity contribution >= 4 is 38.8 Å². The van der Waals surface area contributed by atoms with E-state index in [1.807, 2.05) is 0 Å². The molecule has 0 aromatic heterocycles. The van der Waals surface area contributed by atoms with Crippen molar-refractivity contribution in [1.82, 2.24) is 10.6 Å². The Bertz CT molecular complexity index is 389. The minimum absolute atomic E-state index is 0.0218. The molecular weight excluding hydrogens is 306 g/mol. The van der Waals surface area contributed by atoms with Crippen molar-refractivity contribution in [3.63, 3.8) is 0 Å². The molecule has 0 aromatic rings. The summed E-state index contributed by atoms with van der Waals surface area (Å²) in [6.45, 7) is 1.52. The monoisotopic (exact) mass is 327 g/mol. The first-order chi connectivity index (χ1) is 8.94. The molecule has 1 heterocycles. The van der Waals surface area contributed by atoms with Crippen molar-refractivity contribution in [3.8, 4) is 0 Å². The average Bonchev–Trinajstić information content (AvgIpc) is 2.56. The molecule has 5 nitrogen and oxygen atoms in total. The van der Waals surface area contributed by atoms with E-state index >= 15 is 0 Å². The minimum atomic E-state index is -3.02. The number of hydrogen-bond acceptors (Lipinski definition) is 4. The summed E-state index contributed by atoms with van der Waals surface area (Å²) in [5.74, 6) is 0.0768. The van der Waals surface area contributed by atoms with Crippen molar-refractivity contribution in [2.75, 3.05) is 24.6 Å². The second-order valence-corrected chi connectivity index (χ2v) is 7.93. The fourth-order valence-electron chi connectivity index (χ4n) is 1.98. The predicted molar refractivity (Wildman–Crippen MR) is 83.3 cm³/mol. The van der Waals surface area contributed by atoms with Crippen LogP contribution in [0.3, 0.4) is 0 Å². The molecule has 1 fully saturated rings. The van der Waals surface area contributed by atoms with Gasteiger partial charge in [0.25, 0.3) is 0 Å². The Morgan fingerprint density at radius 3 is 2.53 bits per heavy atom. The SMILES string of the molecule is NCCCCCCNC(=S)N[C@H]1CS(=O)(=O)C[C@@H]1Cl. The molecule has 1 saturated heterocycles. The van der Waals surface area contributed by atoms with E-state index in [1.54, 1.807) is 0 Å². The smallest absolute Gasteiger partial charge is 0.166 e. The van der Waals surface area contributed by atoms with Crippen LogP contribution in [-0.4, -0.2) is 49.5 Å². The highest BCUT2D eigenvalue weighted by Gasteiger charge is 2.36. The molecule has 8 heteroatoms. The predicted octanol–water partition coefficient (Wildman–Crippen LogP) is 0.374. The van der Waals surface area contributed by atoms with Crippen molar-refractivity contribution < 1.29 is 8.42 Å². The van der Waals surface area contributed by atoms with E-state index in [1.165, 1.54) is 0 Å². The van der Waals surface area contributed by atoms with Crippen LogP contribution in [0.25, 0.3) is 0 Å². The number of sulfone groups is 1. The maximum atomic E-state index is 11.4. The normalized spacial score (nSPS) is 25.2. The zero-order chi connectivity index (χ0) is 14.3. The van der Waals surface area contributed by atoms with Gasteiger partial charge in [0, 0.05) is 6.54 Å². The molecule has 0 amide bonds. The summed E-state index contributed by atoms with van der Waals surface area (Å²) in [5.41, 5.74) is 5.41. The lowest BCUT2D eigenvalue weighted by atomic mass is 10.2. The number of nitrogens with one attached hydrogen (secondary N) is 2. The number of rotatable bonds is 7. The lowest BCUT2D eigenvalue weighted by Crippen LogP contribution is -2.46. The second kappa shape index (κ2) is 8.24. The molecule has 2 atom stereocenters. The number of alkyl halides is 1. The molecule has 19 heavy (non-hydrogen) atoms. The van der Waals surface area contributed by atoms with Gasteiger partial charge in [0.05, 0.1) is 22.9 Å². The summed E-state index contributed by atoms with van der Waals surface area (Å²) in [6.07, 6.45) is 4.32. The molecule has 0 saturated carbocycles. The summed E-state index contributed by atoms with van der Waals surface area (Å²) in [7, 11) is -3.02. The third kappa shape index (κ3) is 6.74. The number of halogens is 1. The van der Waals surface area contributed by atoms with E-state index in [0.717, 1.165) is 38.8 Å². The van der Waals surface area contributed by atoms with Crippen LogP contribution in [0, 0.1) is 0 Å². The van der Waals surface area contributed by atoms with Crippen LogP contribution in [0.4, 0.5) is 0 Å². The number of hydrogen-bond donors (Lipinski definition) is 3. The van der Waals surface area contributed by atoms with Crippen molar-refractivity contribution in [3.05, 3.63) is 0 Å². The summed E-state index contributed by atoms with van der Waals surface area (Å²) < 4.78 is 22.8. The lowest BCUT2D eigenvalue weighted by molar-refractivity contribution is 0.599. The van der Waals surface area contributed by atoms with Crippen molar-refractivity contribution in [1.29, 1.82) is 0 Å². The molecule has 0 aliphatic carbocycles. The zero-order valence-corrected chi connectivity index (χ0v) is 13.3. The van der Waals surface area contributed by atoms with Gasteiger partial charge in [0.1, 0.15) is 0 Å². The summed E-state index contributed by atoms with van der Waals surface area (Å²) in [4.78, 5) is 0. The molecule has 1 aliphatic heterocycles. The van der Waals surface area contributed by atoms with Gasteiger partial charge in [0.2, 0.25) is 0 Å². The van der Waals surface area contributed by atoms with Gasteiger partial charge in [-0.1, -0.05) is 12.8 Å². The lowest BCUT2D eigenvalue weighted by Gasteiger charge is -2.17. The van der Waals surface area contributed by atoms with Crippen LogP contribution in [0.5, 0.6) is 0 Å². The Balaban J connectivity index is 2.14. The van der Waals surface area contributed by atoms with Crippen LogP contribution < -0.4 is 16.4 Å². The van der Waals surface area contributed by atoms with E-state index in [0.29, 0.717) is 5.11 Å². The van der Waals surface area contributed by atoms with Gasteiger partial charge < -0.3 is 16.4 Å². The third-order valence-corrected chi connectivity index (χ3v) is 5.65. The van der Waals surface area contributed by atoms with Gasteiger partial charge in [-0.25, -0.2) is 8.42 Å². The maximum Gasteiger partial charge on any atom is 0.166 e. The fourth-order valence-corrected chi connectivity index (χ4v) is 4.78. The first-order valence-electron chi connectivity index (χ1n) is 6.53. The molecular formula is C11H22ClN3O2S2. The largest absolute Gasteiger partial charge is 0.363 e. The van der Waals surface area contributed by atoms with Crippen LogP contribution in [0.2, 0.25) is 0 Å². The quantitative estimate of drug-likeness (QED) is 0.356. The van der Waals surface area contributed by atoms with Crippen LogP contribution in [0.1, 0.15) is 25.7 Å².